The maximum atomic E-state index is 11.8. The van der Waals surface area contributed by atoms with Crippen molar-refractivity contribution in [3.63, 3.8) is 0 Å². The van der Waals surface area contributed by atoms with E-state index in [-0.39, 0.29) is 11.6 Å². The van der Waals surface area contributed by atoms with Crippen molar-refractivity contribution in [3.05, 3.63) is 11.9 Å². The van der Waals surface area contributed by atoms with E-state index in [1.807, 2.05) is 0 Å². The zero-order valence-corrected chi connectivity index (χ0v) is 10.3. The van der Waals surface area contributed by atoms with Crippen LogP contribution in [0.2, 0.25) is 0 Å². The zero-order valence-electron chi connectivity index (χ0n) is 10.3. The zero-order chi connectivity index (χ0) is 12.1. The van der Waals surface area contributed by atoms with E-state index in [9.17, 15) is 4.79 Å². The molecule has 0 spiro atoms. The second kappa shape index (κ2) is 5.80. The lowest BCUT2D eigenvalue weighted by atomic mass is 10.0. The highest BCUT2D eigenvalue weighted by atomic mass is 16.6. The third kappa shape index (κ3) is 3.28. The summed E-state index contributed by atoms with van der Waals surface area (Å²) in [5.74, 6) is 0.768. The van der Waals surface area contributed by atoms with Crippen LogP contribution >= 0.6 is 0 Å². The topological polar surface area (TPSA) is 59.2 Å². The van der Waals surface area contributed by atoms with Gasteiger partial charge in [-0.1, -0.05) is 30.8 Å². The standard InChI is InChI=1S/C12H19N3O2/c1-15(12(16)11-9-13-17-14-11)8-4-7-10-5-2-3-6-10/h9-10H,2-8H2,1H3. The van der Waals surface area contributed by atoms with Crippen LogP contribution in [0.25, 0.3) is 0 Å². The summed E-state index contributed by atoms with van der Waals surface area (Å²) in [6, 6.07) is 0. The van der Waals surface area contributed by atoms with Crippen molar-refractivity contribution in [1.82, 2.24) is 15.2 Å². The van der Waals surface area contributed by atoms with Crippen molar-refractivity contribution in [3.8, 4) is 0 Å². The molecule has 0 N–H and O–H groups in total. The predicted octanol–water partition coefficient (Wildman–Crippen LogP) is 2.11. The molecule has 1 aliphatic carbocycles. The molecule has 94 valence electrons. The maximum absolute atomic E-state index is 11.8. The Hall–Kier alpha value is -1.39. The van der Waals surface area contributed by atoms with Gasteiger partial charge in [0, 0.05) is 13.6 Å². The van der Waals surface area contributed by atoms with E-state index in [4.69, 9.17) is 0 Å². The van der Waals surface area contributed by atoms with Crippen LogP contribution < -0.4 is 0 Å². The van der Waals surface area contributed by atoms with Crippen LogP contribution in [0.5, 0.6) is 0 Å². The molecule has 0 aliphatic heterocycles. The number of carbonyl (C=O) groups is 1. The molecular weight excluding hydrogens is 218 g/mol. The summed E-state index contributed by atoms with van der Waals surface area (Å²) in [6.45, 7) is 0.780. The maximum Gasteiger partial charge on any atom is 0.277 e. The van der Waals surface area contributed by atoms with Gasteiger partial charge in [0.1, 0.15) is 6.20 Å². The molecule has 0 unspecified atom stereocenters. The Labute approximate surface area is 101 Å². The fourth-order valence-electron chi connectivity index (χ4n) is 2.47. The number of aromatic nitrogens is 2. The lowest BCUT2D eigenvalue weighted by molar-refractivity contribution is 0.0780. The highest BCUT2D eigenvalue weighted by molar-refractivity contribution is 5.91. The Morgan fingerprint density at radius 1 is 1.53 bits per heavy atom. The van der Waals surface area contributed by atoms with Crippen LogP contribution in [0, 0.1) is 5.92 Å². The van der Waals surface area contributed by atoms with E-state index in [0.717, 1.165) is 18.9 Å². The Balaban J connectivity index is 1.69. The summed E-state index contributed by atoms with van der Waals surface area (Å²) in [5.41, 5.74) is 0.286. The van der Waals surface area contributed by atoms with Crippen LogP contribution in [0.15, 0.2) is 10.8 Å². The first kappa shape index (κ1) is 12.1. The molecule has 0 bridgehead atoms. The second-order valence-electron chi connectivity index (χ2n) is 4.81. The summed E-state index contributed by atoms with van der Waals surface area (Å²) in [4.78, 5) is 13.5. The molecule has 1 amide bonds. The lowest BCUT2D eigenvalue weighted by Crippen LogP contribution is -2.28. The fraction of sp³-hybridized carbons (Fsp3) is 0.750. The molecule has 1 aliphatic rings. The summed E-state index contributed by atoms with van der Waals surface area (Å²) in [6.07, 6.45) is 9.15. The molecule has 5 nitrogen and oxygen atoms in total. The van der Waals surface area contributed by atoms with Gasteiger partial charge in [-0.2, -0.15) is 0 Å². The number of carbonyl (C=O) groups excluding carboxylic acids is 1. The summed E-state index contributed by atoms with van der Waals surface area (Å²) < 4.78 is 4.42. The molecule has 0 atom stereocenters. The number of amides is 1. The highest BCUT2D eigenvalue weighted by Gasteiger charge is 2.17. The van der Waals surface area contributed by atoms with Gasteiger partial charge in [-0.15, -0.1) is 0 Å². The van der Waals surface area contributed by atoms with E-state index < -0.39 is 0 Å². The third-order valence-electron chi connectivity index (χ3n) is 3.51. The number of rotatable bonds is 5. The van der Waals surface area contributed by atoms with Crippen LogP contribution in [0.1, 0.15) is 49.0 Å². The Bertz CT molecular complexity index is 345. The molecule has 17 heavy (non-hydrogen) atoms. The molecule has 1 fully saturated rings. The van der Waals surface area contributed by atoms with Crippen LogP contribution in [0.4, 0.5) is 0 Å². The Morgan fingerprint density at radius 3 is 2.94 bits per heavy atom. The Morgan fingerprint density at radius 2 is 2.29 bits per heavy atom. The van der Waals surface area contributed by atoms with Gasteiger partial charge in [0.15, 0.2) is 5.69 Å². The third-order valence-corrected chi connectivity index (χ3v) is 3.51. The number of hydrogen-bond donors (Lipinski definition) is 0. The van der Waals surface area contributed by atoms with Gasteiger partial charge in [-0.05, 0) is 23.9 Å². The van der Waals surface area contributed by atoms with Crippen LogP contribution in [0.3, 0.4) is 0 Å². The van der Waals surface area contributed by atoms with Crippen LogP contribution in [-0.4, -0.2) is 34.7 Å². The van der Waals surface area contributed by atoms with Crippen LogP contribution in [-0.2, 0) is 0 Å². The first-order valence-corrected chi connectivity index (χ1v) is 6.30. The molecule has 0 radical (unpaired) electrons. The molecule has 1 aromatic heterocycles. The first-order chi connectivity index (χ1) is 8.27. The molecule has 2 rings (SSSR count). The van der Waals surface area contributed by atoms with E-state index >= 15 is 0 Å². The molecule has 5 heteroatoms. The van der Waals surface area contributed by atoms with Gasteiger partial charge >= 0.3 is 0 Å². The normalized spacial score (nSPS) is 16.3. The highest BCUT2D eigenvalue weighted by Crippen LogP contribution is 2.28. The smallest absolute Gasteiger partial charge is 0.277 e. The number of nitrogens with zero attached hydrogens (tertiary/aromatic N) is 3. The predicted molar refractivity (Wildman–Crippen MR) is 62.5 cm³/mol. The largest absolute Gasteiger partial charge is 0.340 e. The van der Waals surface area contributed by atoms with Gasteiger partial charge in [-0.25, -0.2) is 4.63 Å². The van der Waals surface area contributed by atoms with Gasteiger partial charge in [-0.3, -0.25) is 4.79 Å². The minimum atomic E-state index is -0.113. The first-order valence-electron chi connectivity index (χ1n) is 6.30. The molecule has 0 saturated heterocycles. The SMILES string of the molecule is CN(CCCC1CCCC1)C(=O)c1cnon1. The van der Waals surface area contributed by atoms with Crippen molar-refractivity contribution in [1.29, 1.82) is 0 Å². The van der Waals surface area contributed by atoms with Gasteiger partial charge in [0.25, 0.3) is 5.91 Å². The van der Waals surface area contributed by atoms with Gasteiger partial charge < -0.3 is 4.90 Å². The quantitative estimate of drug-likeness (QED) is 0.787. The molecule has 1 saturated carbocycles. The van der Waals surface area contributed by atoms with E-state index in [0.29, 0.717) is 0 Å². The van der Waals surface area contributed by atoms with Gasteiger partial charge in [0.05, 0.1) is 0 Å². The fourth-order valence-corrected chi connectivity index (χ4v) is 2.47. The van der Waals surface area contributed by atoms with Crippen molar-refractivity contribution in [2.45, 2.75) is 38.5 Å². The minimum absolute atomic E-state index is 0.113. The van der Waals surface area contributed by atoms with Crippen molar-refractivity contribution in [2.24, 2.45) is 5.92 Å². The average molecular weight is 237 g/mol. The molecule has 1 heterocycles. The Kier molecular flexibility index (Phi) is 4.12. The second-order valence-corrected chi connectivity index (χ2v) is 4.81. The summed E-state index contributed by atoms with van der Waals surface area (Å²) in [7, 11) is 1.80. The molecule has 1 aromatic rings. The summed E-state index contributed by atoms with van der Waals surface area (Å²) in [5, 5.41) is 6.98. The lowest BCUT2D eigenvalue weighted by Gasteiger charge is -2.16. The van der Waals surface area contributed by atoms with Crippen molar-refractivity contribution < 1.29 is 9.42 Å². The van der Waals surface area contributed by atoms with Crippen molar-refractivity contribution in [2.75, 3.05) is 13.6 Å². The minimum Gasteiger partial charge on any atom is -0.340 e. The van der Waals surface area contributed by atoms with E-state index in [2.05, 4.69) is 14.9 Å². The van der Waals surface area contributed by atoms with E-state index in [1.54, 1.807) is 11.9 Å². The van der Waals surface area contributed by atoms with Crippen molar-refractivity contribution >= 4 is 5.91 Å². The van der Waals surface area contributed by atoms with E-state index in [1.165, 1.54) is 38.3 Å². The average Bonchev–Trinajstić information content (AvgIpc) is 3.00. The monoisotopic (exact) mass is 237 g/mol. The number of hydrogen-bond acceptors (Lipinski definition) is 4. The van der Waals surface area contributed by atoms with Gasteiger partial charge in [0.2, 0.25) is 0 Å². The summed E-state index contributed by atoms with van der Waals surface area (Å²) >= 11 is 0. The molecular formula is C12H19N3O2. The molecule has 0 aromatic carbocycles.